The van der Waals surface area contributed by atoms with Crippen molar-refractivity contribution in [3.63, 3.8) is 0 Å². The third kappa shape index (κ3) is 9.47. The molecule has 0 bridgehead atoms. The second-order valence-electron chi connectivity index (χ2n) is 5.64. The molecule has 0 aliphatic carbocycles. The van der Waals surface area contributed by atoms with Gasteiger partial charge in [-0.1, -0.05) is 46.1 Å². The van der Waals surface area contributed by atoms with Crippen LogP contribution in [0.5, 0.6) is 0 Å². The summed E-state index contributed by atoms with van der Waals surface area (Å²) >= 11 is 9.32. The quantitative estimate of drug-likeness (QED) is 0.266. The molecule has 1 unspecified atom stereocenters. The minimum atomic E-state index is -0.164. The fraction of sp³-hybridized carbons (Fsp3) is 0.611. The summed E-state index contributed by atoms with van der Waals surface area (Å²) in [6.07, 6.45) is 8.76. The van der Waals surface area contributed by atoms with Crippen molar-refractivity contribution < 1.29 is 9.53 Å². The van der Waals surface area contributed by atoms with E-state index in [0.29, 0.717) is 0 Å². The maximum Gasteiger partial charge on any atom is 0.302 e. The summed E-state index contributed by atoms with van der Waals surface area (Å²) in [5.41, 5.74) is 1.31. The van der Waals surface area contributed by atoms with Gasteiger partial charge in [-0.15, -0.1) is 0 Å². The number of rotatable bonds is 11. The van der Waals surface area contributed by atoms with Gasteiger partial charge < -0.3 is 4.74 Å². The summed E-state index contributed by atoms with van der Waals surface area (Å²) in [5.74, 6) is -0.164. The maximum atomic E-state index is 11.2. The average Bonchev–Trinajstić information content (AvgIpc) is 2.49. The number of halogens is 2. The van der Waals surface area contributed by atoms with E-state index in [-0.39, 0.29) is 12.1 Å². The molecule has 0 heterocycles. The van der Waals surface area contributed by atoms with Crippen molar-refractivity contribution >= 4 is 33.5 Å². The normalized spacial score (nSPS) is 12.1. The molecule has 2 nitrogen and oxygen atoms in total. The van der Waals surface area contributed by atoms with Crippen LogP contribution in [-0.2, 0) is 16.0 Å². The van der Waals surface area contributed by atoms with Gasteiger partial charge in [0.05, 0.1) is 0 Å². The highest BCUT2D eigenvalue weighted by molar-refractivity contribution is 9.09. The number of ether oxygens (including phenoxy) is 1. The van der Waals surface area contributed by atoms with E-state index < -0.39 is 0 Å². The Morgan fingerprint density at radius 2 is 1.73 bits per heavy atom. The van der Waals surface area contributed by atoms with E-state index in [0.717, 1.165) is 48.9 Å². The standard InChI is InChI=1S/C18H26BrClO2/c1-15(21)22-18(8-3-2-6-14-19)9-5-4-7-16-10-12-17(20)13-11-16/h10-13,18H,2-9,14H2,1H3. The molecule has 124 valence electrons. The van der Waals surface area contributed by atoms with Gasteiger partial charge in [0.2, 0.25) is 0 Å². The van der Waals surface area contributed by atoms with Gasteiger partial charge in [-0.2, -0.15) is 0 Å². The number of unbranched alkanes of at least 4 members (excludes halogenated alkanes) is 3. The van der Waals surface area contributed by atoms with Gasteiger partial charge in [0.1, 0.15) is 6.10 Å². The Balaban J connectivity index is 2.23. The van der Waals surface area contributed by atoms with Gasteiger partial charge >= 0.3 is 5.97 Å². The number of esters is 1. The second kappa shape index (κ2) is 12.0. The van der Waals surface area contributed by atoms with E-state index in [1.54, 1.807) is 0 Å². The molecule has 0 aliphatic rings. The lowest BCUT2D eigenvalue weighted by Crippen LogP contribution is -2.16. The van der Waals surface area contributed by atoms with Gasteiger partial charge in [-0.25, -0.2) is 0 Å². The molecule has 0 spiro atoms. The number of hydrogen-bond donors (Lipinski definition) is 0. The van der Waals surface area contributed by atoms with Crippen LogP contribution in [0.3, 0.4) is 0 Å². The van der Waals surface area contributed by atoms with Crippen LogP contribution in [0.25, 0.3) is 0 Å². The smallest absolute Gasteiger partial charge is 0.302 e. The number of carbonyl (C=O) groups excluding carboxylic acids is 1. The molecule has 1 aromatic carbocycles. The van der Waals surface area contributed by atoms with Crippen LogP contribution in [0, 0.1) is 0 Å². The molecule has 1 aromatic rings. The minimum Gasteiger partial charge on any atom is -0.463 e. The molecule has 4 heteroatoms. The monoisotopic (exact) mass is 388 g/mol. The minimum absolute atomic E-state index is 0.0815. The number of alkyl halides is 1. The van der Waals surface area contributed by atoms with Crippen LogP contribution in [-0.4, -0.2) is 17.4 Å². The van der Waals surface area contributed by atoms with Gasteiger partial charge in [0.25, 0.3) is 0 Å². The first kappa shape index (κ1) is 19.5. The summed E-state index contributed by atoms with van der Waals surface area (Å²) in [4.78, 5) is 11.2. The maximum absolute atomic E-state index is 11.2. The van der Waals surface area contributed by atoms with E-state index in [1.807, 2.05) is 12.1 Å². The molecular weight excluding hydrogens is 364 g/mol. The molecule has 0 fully saturated rings. The van der Waals surface area contributed by atoms with Gasteiger partial charge in [0, 0.05) is 17.3 Å². The van der Waals surface area contributed by atoms with Crippen LogP contribution in [0.2, 0.25) is 5.02 Å². The summed E-state index contributed by atoms with van der Waals surface area (Å²) in [5, 5.41) is 1.83. The Labute approximate surface area is 147 Å². The summed E-state index contributed by atoms with van der Waals surface area (Å²) in [7, 11) is 0. The number of hydrogen-bond acceptors (Lipinski definition) is 2. The summed E-state index contributed by atoms with van der Waals surface area (Å²) < 4.78 is 5.43. The molecule has 1 rings (SSSR count). The third-order valence-corrected chi connectivity index (χ3v) is 4.46. The van der Waals surface area contributed by atoms with E-state index in [1.165, 1.54) is 25.3 Å². The fourth-order valence-electron chi connectivity index (χ4n) is 2.49. The topological polar surface area (TPSA) is 26.3 Å². The van der Waals surface area contributed by atoms with Crippen molar-refractivity contribution in [2.45, 2.75) is 64.4 Å². The van der Waals surface area contributed by atoms with E-state index in [9.17, 15) is 4.79 Å². The summed E-state index contributed by atoms with van der Waals surface area (Å²) in [6, 6.07) is 8.02. The molecule has 22 heavy (non-hydrogen) atoms. The highest BCUT2D eigenvalue weighted by Crippen LogP contribution is 2.16. The van der Waals surface area contributed by atoms with E-state index in [4.69, 9.17) is 16.3 Å². The van der Waals surface area contributed by atoms with Crippen molar-refractivity contribution in [1.82, 2.24) is 0 Å². The van der Waals surface area contributed by atoms with Crippen LogP contribution in [0.15, 0.2) is 24.3 Å². The highest BCUT2D eigenvalue weighted by Gasteiger charge is 2.11. The zero-order chi connectivity index (χ0) is 16.2. The molecule has 0 radical (unpaired) electrons. The zero-order valence-electron chi connectivity index (χ0n) is 13.3. The second-order valence-corrected chi connectivity index (χ2v) is 6.87. The van der Waals surface area contributed by atoms with Crippen molar-refractivity contribution in [3.8, 4) is 0 Å². The summed E-state index contributed by atoms with van der Waals surface area (Å²) in [6.45, 7) is 1.50. The highest BCUT2D eigenvalue weighted by atomic mass is 79.9. The molecule has 0 amide bonds. The predicted octanol–water partition coefficient (Wildman–Crippen LogP) is 5.94. The lowest BCUT2D eigenvalue weighted by atomic mass is 10.0. The Morgan fingerprint density at radius 1 is 1.09 bits per heavy atom. The van der Waals surface area contributed by atoms with Crippen molar-refractivity contribution in [1.29, 1.82) is 0 Å². The van der Waals surface area contributed by atoms with Crippen molar-refractivity contribution in [2.24, 2.45) is 0 Å². The third-order valence-electron chi connectivity index (χ3n) is 3.65. The van der Waals surface area contributed by atoms with Crippen LogP contribution < -0.4 is 0 Å². The van der Waals surface area contributed by atoms with E-state index >= 15 is 0 Å². The predicted molar refractivity (Wildman–Crippen MR) is 96.8 cm³/mol. The number of benzene rings is 1. The van der Waals surface area contributed by atoms with Gasteiger partial charge in [0.15, 0.2) is 0 Å². The first-order chi connectivity index (χ1) is 10.6. The lowest BCUT2D eigenvalue weighted by molar-refractivity contribution is -0.147. The number of carbonyl (C=O) groups is 1. The molecule has 0 saturated carbocycles. The Morgan fingerprint density at radius 3 is 2.32 bits per heavy atom. The number of aryl methyl sites for hydroxylation is 1. The first-order valence-corrected chi connectivity index (χ1v) is 9.59. The SMILES string of the molecule is CC(=O)OC(CCCCCBr)CCCCc1ccc(Cl)cc1. The Kier molecular flexibility index (Phi) is 10.6. The molecule has 0 aliphatic heterocycles. The van der Waals surface area contributed by atoms with Gasteiger partial charge in [-0.05, 0) is 62.6 Å². The largest absolute Gasteiger partial charge is 0.463 e. The Bertz CT molecular complexity index is 420. The van der Waals surface area contributed by atoms with Crippen LogP contribution in [0.4, 0.5) is 0 Å². The Hall–Kier alpha value is -0.540. The van der Waals surface area contributed by atoms with Crippen molar-refractivity contribution in [2.75, 3.05) is 5.33 Å². The van der Waals surface area contributed by atoms with Crippen LogP contribution >= 0.6 is 27.5 Å². The zero-order valence-corrected chi connectivity index (χ0v) is 15.7. The van der Waals surface area contributed by atoms with Crippen LogP contribution in [0.1, 0.15) is 57.4 Å². The van der Waals surface area contributed by atoms with Crippen molar-refractivity contribution in [3.05, 3.63) is 34.9 Å². The molecule has 0 N–H and O–H groups in total. The van der Waals surface area contributed by atoms with Gasteiger partial charge in [-0.3, -0.25) is 4.79 Å². The average molecular weight is 390 g/mol. The lowest BCUT2D eigenvalue weighted by Gasteiger charge is -2.17. The molecule has 0 aromatic heterocycles. The molecule has 0 saturated heterocycles. The fourth-order valence-corrected chi connectivity index (χ4v) is 3.01. The molecular formula is C18H26BrClO2. The first-order valence-electron chi connectivity index (χ1n) is 8.09. The molecule has 1 atom stereocenters. The van der Waals surface area contributed by atoms with E-state index in [2.05, 4.69) is 28.1 Å².